The van der Waals surface area contributed by atoms with E-state index in [4.69, 9.17) is 4.74 Å². The Labute approximate surface area is 143 Å². The van der Waals surface area contributed by atoms with Crippen LogP contribution in [0.4, 0.5) is 8.78 Å². The fraction of sp³-hybridized carbons (Fsp3) is 0.500. The van der Waals surface area contributed by atoms with Gasteiger partial charge in [0, 0.05) is 38.3 Å². The van der Waals surface area contributed by atoms with Crippen LogP contribution in [0.25, 0.3) is 0 Å². The highest BCUT2D eigenvalue weighted by molar-refractivity contribution is 8.00. The highest BCUT2D eigenvalue weighted by Crippen LogP contribution is 2.13. The summed E-state index contributed by atoms with van der Waals surface area (Å²) in [7, 11) is 1.55. The number of nitrogens with zero attached hydrogens (tertiary/aromatic N) is 2. The Morgan fingerprint density at radius 1 is 1.25 bits per heavy atom. The third kappa shape index (κ3) is 5.45. The average Bonchev–Trinajstić information content (AvgIpc) is 2.57. The molecule has 24 heavy (non-hydrogen) atoms. The van der Waals surface area contributed by atoms with Crippen LogP contribution < -0.4 is 0 Å². The SMILES string of the molecule is CN(Cc1ccc(F)cc1F)C(=O)CSCC(=O)N1CCOCC1. The fourth-order valence-electron chi connectivity index (χ4n) is 2.23. The van der Waals surface area contributed by atoms with Crippen LogP contribution in [0.2, 0.25) is 0 Å². The highest BCUT2D eigenvalue weighted by atomic mass is 32.2. The first kappa shape index (κ1) is 18.7. The number of benzene rings is 1. The second-order valence-corrected chi connectivity index (χ2v) is 6.46. The molecule has 0 bridgehead atoms. The van der Waals surface area contributed by atoms with Gasteiger partial charge in [-0.1, -0.05) is 6.07 Å². The van der Waals surface area contributed by atoms with Crippen LogP contribution in [0, 0.1) is 11.6 Å². The van der Waals surface area contributed by atoms with Gasteiger partial charge in [-0.15, -0.1) is 11.8 Å². The molecule has 1 aliphatic rings. The van der Waals surface area contributed by atoms with Gasteiger partial charge in [0.15, 0.2) is 0 Å². The van der Waals surface area contributed by atoms with Crippen molar-refractivity contribution in [3.63, 3.8) is 0 Å². The Bertz CT molecular complexity index is 595. The van der Waals surface area contributed by atoms with E-state index in [9.17, 15) is 18.4 Å². The molecule has 5 nitrogen and oxygen atoms in total. The molecule has 0 unspecified atom stereocenters. The molecule has 132 valence electrons. The van der Waals surface area contributed by atoms with Crippen molar-refractivity contribution in [2.75, 3.05) is 44.9 Å². The molecule has 1 fully saturated rings. The van der Waals surface area contributed by atoms with Gasteiger partial charge in [-0.25, -0.2) is 8.78 Å². The van der Waals surface area contributed by atoms with E-state index in [0.717, 1.165) is 12.1 Å². The van der Waals surface area contributed by atoms with Gasteiger partial charge in [0.1, 0.15) is 11.6 Å². The van der Waals surface area contributed by atoms with E-state index in [1.165, 1.54) is 22.7 Å². The lowest BCUT2D eigenvalue weighted by atomic mass is 10.2. The second-order valence-electron chi connectivity index (χ2n) is 5.47. The Kier molecular flexibility index (Phi) is 6.99. The number of hydrogen-bond acceptors (Lipinski definition) is 4. The smallest absolute Gasteiger partial charge is 0.232 e. The average molecular weight is 358 g/mol. The summed E-state index contributed by atoms with van der Waals surface area (Å²) >= 11 is 1.23. The predicted octanol–water partition coefficient (Wildman–Crippen LogP) is 1.52. The minimum Gasteiger partial charge on any atom is -0.378 e. The summed E-state index contributed by atoms with van der Waals surface area (Å²) in [5.74, 6) is -1.19. The lowest BCUT2D eigenvalue weighted by molar-refractivity contribution is -0.132. The molecule has 0 aliphatic carbocycles. The normalized spacial score (nSPS) is 14.5. The summed E-state index contributed by atoms with van der Waals surface area (Å²) in [5.41, 5.74) is 0.252. The summed E-state index contributed by atoms with van der Waals surface area (Å²) < 4.78 is 31.6. The van der Waals surface area contributed by atoms with Gasteiger partial charge in [0.25, 0.3) is 0 Å². The molecule has 1 aliphatic heterocycles. The summed E-state index contributed by atoms with van der Waals surface area (Å²) in [5, 5.41) is 0. The minimum atomic E-state index is -0.676. The van der Waals surface area contributed by atoms with Gasteiger partial charge in [0.05, 0.1) is 24.7 Å². The van der Waals surface area contributed by atoms with E-state index in [-0.39, 0.29) is 35.4 Å². The number of carbonyl (C=O) groups is 2. The predicted molar refractivity (Wildman–Crippen MR) is 87.6 cm³/mol. The quantitative estimate of drug-likeness (QED) is 0.774. The van der Waals surface area contributed by atoms with Crippen molar-refractivity contribution in [2.24, 2.45) is 0 Å². The van der Waals surface area contributed by atoms with Gasteiger partial charge in [-0.2, -0.15) is 0 Å². The van der Waals surface area contributed by atoms with Crippen molar-refractivity contribution in [2.45, 2.75) is 6.54 Å². The van der Waals surface area contributed by atoms with Crippen LogP contribution in [-0.2, 0) is 20.9 Å². The first-order chi connectivity index (χ1) is 11.5. The second kappa shape index (κ2) is 8.98. The topological polar surface area (TPSA) is 49.9 Å². The van der Waals surface area contributed by atoms with Crippen LogP contribution in [0.15, 0.2) is 18.2 Å². The number of thioether (sulfide) groups is 1. The molecular weight excluding hydrogens is 338 g/mol. The first-order valence-corrected chi connectivity index (χ1v) is 8.74. The molecule has 0 atom stereocenters. The van der Waals surface area contributed by atoms with E-state index in [0.29, 0.717) is 26.3 Å². The highest BCUT2D eigenvalue weighted by Gasteiger charge is 2.18. The molecule has 0 N–H and O–H groups in total. The third-order valence-corrected chi connectivity index (χ3v) is 4.57. The monoisotopic (exact) mass is 358 g/mol. The zero-order chi connectivity index (χ0) is 17.5. The number of rotatable bonds is 6. The fourth-order valence-corrected chi connectivity index (χ4v) is 3.09. The molecule has 2 amide bonds. The minimum absolute atomic E-state index is 0.0108. The van der Waals surface area contributed by atoms with Gasteiger partial charge in [0.2, 0.25) is 11.8 Å². The zero-order valence-corrected chi connectivity index (χ0v) is 14.3. The lowest BCUT2D eigenvalue weighted by Gasteiger charge is -2.26. The van der Waals surface area contributed by atoms with Crippen LogP contribution in [0.1, 0.15) is 5.56 Å². The van der Waals surface area contributed by atoms with Crippen molar-refractivity contribution < 1.29 is 23.1 Å². The van der Waals surface area contributed by atoms with Gasteiger partial charge in [-0.3, -0.25) is 9.59 Å². The number of hydrogen-bond donors (Lipinski definition) is 0. The van der Waals surface area contributed by atoms with Crippen LogP contribution >= 0.6 is 11.8 Å². The molecule has 8 heteroatoms. The van der Waals surface area contributed by atoms with Crippen LogP contribution in [0.3, 0.4) is 0 Å². The van der Waals surface area contributed by atoms with E-state index < -0.39 is 11.6 Å². The first-order valence-electron chi connectivity index (χ1n) is 7.58. The van der Waals surface area contributed by atoms with Gasteiger partial charge in [-0.05, 0) is 6.07 Å². The van der Waals surface area contributed by atoms with E-state index in [1.54, 1.807) is 11.9 Å². The molecule has 1 heterocycles. The van der Waals surface area contributed by atoms with Crippen LogP contribution in [0.5, 0.6) is 0 Å². The molecule has 1 aromatic carbocycles. The molecule has 0 saturated carbocycles. The Morgan fingerprint density at radius 2 is 1.96 bits per heavy atom. The molecule has 0 aromatic heterocycles. The molecule has 0 radical (unpaired) electrons. The molecule has 1 saturated heterocycles. The van der Waals surface area contributed by atoms with E-state index in [1.807, 2.05) is 0 Å². The van der Waals surface area contributed by atoms with E-state index in [2.05, 4.69) is 0 Å². The molecule has 0 spiro atoms. The van der Waals surface area contributed by atoms with Crippen molar-refractivity contribution in [1.29, 1.82) is 0 Å². The summed E-state index contributed by atoms with van der Waals surface area (Å²) in [6.07, 6.45) is 0. The maximum absolute atomic E-state index is 13.6. The van der Waals surface area contributed by atoms with E-state index >= 15 is 0 Å². The number of morpholine rings is 1. The van der Waals surface area contributed by atoms with Gasteiger partial charge < -0.3 is 14.5 Å². The maximum Gasteiger partial charge on any atom is 0.232 e. The van der Waals surface area contributed by atoms with Gasteiger partial charge >= 0.3 is 0 Å². The molecule has 2 rings (SSSR count). The standard InChI is InChI=1S/C16H20F2N2O3S/c1-19(9-12-2-3-13(17)8-14(12)18)15(21)10-24-11-16(22)20-4-6-23-7-5-20/h2-3,8H,4-7,9-11H2,1H3. The van der Waals surface area contributed by atoms with Crippen molar-refractivity contribution in [3.8, 4) is 0 Å². The van der Waals surface area contributed by atoms with Crippen molar-refractivity contribution >= 4 is 23.6 Å². The largest absolute Gasteiger partial charge is 0.378 e. The Morgan fingerprint density at radius 3 is 2.62 bits per heavy atom. The Balaban J connectivity index is 1.74. The molecular formula is C16H20F2N2O3S. The number of halogens is 2. The maximum atomic E-state index is 13.6. The van der Waals surface area contributed by atoms with Crippen molar-refractivity contribution in [3.05, 3.63) is 35.4 Å². The number of ether oxygens (including phenoxy) is 1. The summed E-state index contributed by atoms with van der Waals surface area (Å²) in [6.45, 7) is 2.31. The van der Waals surface area contributed by atoms with Crippen molar-refractivity contribution in [1.82, 2.24) is 9.80 Å². The lowest BCUT2D eigenvalue weighted by Crippen LogP contribution is -2.41. The summed E-state index contributed by atoms with van der Waals surface area (Å²) in [6, 6.07) is 3.28. The van der Waals surface area contributed by atoms with Crippen LogP contribution in [-0.4, -0.2) is 66.5 Å². The number of amides is 2. The zero-order valence-electron chi connectivity index (χ0n) is 13.5. The number of carbonyl (C=O) groups excluding carboxylic acids is 2. The molecule has 1 aromatic rings. The Hall–Kier alpha value is -1.67. The third-order valence-electron chi connectivity index (χ3n) is 3.66. The summed E-state index contributed by atoms with van der Waals surface area (Å²) in [4.78, 5) is 27.1.